The van der Waals surface area contributed by atoms with Crippen molar-refractivity contribution in [1.82, 2.24) is 9.78 Å². The van der Waals surface area contributed by atoms with Gasteiger partial charge in [-0.25, -0.2) is 4.79 Å². The van der Waals surface area contributed by atoms with Crippen molar-refractivity contribution in [2.75, 3.05) is 17.7 Å². The zero-order valence-electron chi connectivity index (χ0n) is 17.4. The Balaban J connectivity index is 1.49. The van der Waals surface area contributed by atoms with Crippen LogP contribution in [0.5, 0.6) is 0 Å². The first-order valence-electron chi connectivity index (χ1n) is 10.2. The van der Waals surface area contributed by atoms with Gasteiger partial charge in [0.15, 0.2) is 10.9 Å². The second-order valence-electron chi connectivity index (χ2n) is 7.49. The minimum atomic E-state index is -0.330. The number of rotatable bonds is 5. The summed E-state index contributed by atoms with van der Waals surface area (Å²) in [5, 5.41) is 12.7. The molecule has 1 aliphatic rings. The lowest BCUT2D eigenvalue weighted by Crippen LogP contribution is -2.21. The Bertz CT molecular complexity index is 1140. The summed E-state index contributed by atoms with van der Waals surface area (Å²) in [7, 11) is 1.41. The SMILES string of the molecule is COC(=O)c1c(NC(=S)Nc2nn(Cc3ccc(Cl)cc3)cc2Br)sc2c1CCCCC2. The fraction of sp³-hybridized carbons (Fsp3) is 0.318. The van der Waals surface area contributed by atoms with Gasteiger partial charge in [-0.05, 0) is 77.1 Å². The van der Waals surface area contributed by atoms with E-state index < -0.39 is 0 Å². The number of fused-ring (bicyclic) bond motifs is 1. The predicted molar refractivity (Wildman–Crippen MR) is 137 cm³/mol. The van der Waals surface area contributed by atoms with Gasteiger partial charge in [-0.2, -0.15) is 5.10 Å². The Morgan fingerprint density at radius 3 is 2.75 bits per heavy atom. The number of nitrogens with one attached hydrogen (secondary N) is 2. The lowest BCUT2D eigenvalue weighted by molar-refractivity contribution is 0.0601. The van der Waals surface area contributed by atoms with Crippen LogP contribution in [-0.2, 0) is 24.1 Å². The number of thiocarbonyl (C=S) groups is 1. The minimum absolute atomic E-state index is 0.330. The molecule has 2 heterocycles. The van der Waals surface area contributed by atoms with Crippen LogP contribution in [0.1, 0.15) is 45.6 Å². The van der Waals surface area contributed by atoms with Gasteiger partial charge in [0, 0.05) is 16.1 Å². The van der Waals surface area contributed by atoms with Gasteiger partial charge >= 0.3 is 5.97 Å². The standard InChI is InChI=1S/C22H22BrClN4O2S2/c1-30-21(29)18-15-5-3-2-4-6-17(15)32-20(18)26-22(31)25-19-16(23)12-28(27-19)11-13-7-9-14(24)10-8-13/h7-10,12H,2-6,11H2,1H3,(H2,25,26,27,31). The summed E-state index contributed by atoms with van der Waals surface area (Å²) < 4.78 is 7.66. The largest absolute Gasteiger partial charge is 0.465 e. The average Bonchev–Trinajstić information content (AvgIpc) is 3.18. The highest BCUT2D eigenvalue weighted by Crippen LogP contribution is 2.38. The number of anilines is 2. The highest BCUT2D eigenvalue weighted by atomic mass is 79.9. The highest BCUT2D eigenvalue weighted by molar-refractivity contribution is 9.10. The Morgan fingerprint density at radius 2 is 2.00 bits per heavy atom. The van der Waals surface area contributed by atoms with E-state index in [1.54, 1.807) is 11.3 Å². The van der Waals surface area contributed by atoms with Crippen molar-refractivity contribution in [3.63, 3.8) is 0 Å². The van der Waals surface area contributed by atoms with Crippen molar-refractivity contribution < 1.29 is 9.53 Å². The van der Waals surface area contributed by atoms with Crippen LogP contribution < -0.4 is 10.6 Å². The van der Waals surface area contributed by atoms with Crippen LogP contribution in [0.25, 0.3) is 0 Å². The molecule has 1 aliphatic carbocycles. The molecule has 32 heavy (non-hydrogen) atoms. The van der Waals surface area contributed by atoms with Gasteiger partial charge in [0.1, 0.15) is 5.00 Å². The van der Waals surface area contributed by atoms with Crippen LogP contribution in [-0.4, -0.2) is 28.0 Å². The first-order chi connectivity index (χ1) is 15.4. The third kappa shape index (κ3) is 5.33. The molecule has 0 fully saturated rings. The van der Waals surface area contributed by atoms with Crippen LogP contribution in [0.2, 0.25) is 5.02 Å². The zero-order valence-corrected chi connectivity index (χ0v) is 21.4. The first-order valence-corrected chi connectivity index (χ1v) is 12.6. The Kier molecular flexibility index (Phi) is 7.50. The van der Waals surface area contributed by atoms with E-state index in [-0.39, 0.29) is 5.97 Å². The fourth-order valence-electron chi connectivity index (χ4n) is 3.73. The lowest BCUT2D eigenvalue weighted by Gasteiger charge is -2.10. The van der Waals surface area contributed by atoms with Crippen molar-refractivity contribution >= 4 is 73.0 Å². The molecule has 1 aromatic carbocycles. The van der Waals surface area contributed by atoms with Gasteiger partial charge in [-0.15, -0.1) is 11.3 Å². The maximum atomic E-state index is 12.5. The van der Waals surface area contributed by atoms with Crippen molar-refractivity contribution in [3.8, 4) is 0 Å². The first kappa shape index (κ1) is 23.2. The summed E-state index contributed by atoms with van der Waals surface area (Å²) in [4.78, 5) is 13.8. The monoisotopic (exact) mass is 552 g/mol. The summed E-state index contributed by atoms with van der Waals surface area (Å²) in [6.07, 6.45) is 7.14. The topological polar surface area (TPSA) is 68.2 Å². The van der Waals surface area contributed by atoms with Crippen molar-refractivity contribution in [2.45, 2.75) is 38.6 Å². The maximum Gasteiger partial charge on any atom is 0.341 e. The minimum Gasteiger partial charge on any atom is -0.465 e. The number of carbonyl (C=O) groups excluding carboxylic acids is 1. The van der Waals surface area contributed by atoms with Crippen molar-refractivity contribution in [1.29, 1.82) is 0 Å². The summed E-state index contributed by atoms with van der Waals surface area (Å²) in [6, 6.07) is 7.64. The molecule has 0 amide bonds. The molecule has 0 saturated heterocycles. The van der Waals surface area contributed by atoms with Crippen molar-refractivity contribution in [2.24, 2.45) is 0 Å². The number of aryl methyl sites for hydroxylation is 1. The molecule has 0 radical (unpaired) electrons. The third-order valence-corrected chi connectivity index (χ3v) is 7.49. The fourth-order valence-corrected chi connectivity index (χ4v) is 5.82. The molecule has 2 N–H and O–H groups in total. The second-order valence-corrected chi connectivity index (χ2v) is 10.3. The maximum absolute atomic E-state index is 12.5. The third-order valence-electron chi connectivity index (χ3n) is 5.24. The number of hydrogen-bond donors (Lipinski definition) is 2. The molecule has 6 nitrogen and oxygen atoms in total. The number of benzene rings is 1. The smallest absolute Gasteiger partial charge is 0.341 e. The normalized spacial score (nSPS) is 13.2. The second kappa shape index (κ2) is 10.3. The summed E-state index contributed by atoms with van der Waals surface area (Å²) in [5.74, 6) is 0.261. The van der Waals surface area contributed by atoms with Crippen LogP contribution in [0.4, 0.5) is 10.8 Å². The molecule has 0 aliphatic heterocycles. The molecule has 10 heteroatoms. The van der Waals surface area contributed by atoms with E-state index in [0.29, 0.717) is 28.1 Å². The highest BCUT2D eigenvalue weighted by Gasteiger charge is 2.26. The zero-order chi connectivity index (χ0) is 22.7. The number of thiophene rings is 1. The molecule has 0 atom stereocenters. The van der Waals surface area contributed by atoms with Gasteiger partial charge < -0.3 is 15.4 Å². The Labute approximate surface area is 209 Å². The summed E-state index contributed by atoms with van der Waals surface area (Å²) in [5.41, 5.74) is 2.78. The molecule has 168 valence electrons. The number of aromatic nitrogens is 2. The number of carbonyl (C=O) groups is 1. The number of hydrogen-bond acceptors (Lipinski definition) is 5. The van der Waals surface area contributed by atoms with Gasteiger partial charge in [-0.3, -0.25) is 4.68 Å². The van der Waals surface area contributed by atoms with E-state index >= 15 is 0 Å². The van der Waals surface area contributed by atoms with Gasteiger partial charge in [0.05, 0.1) is 23.7 Å². The quantitative estimate of drug-likeness (QED) is 0.220. The van der Waals surface area contributed by atoms with E-state index in [1.807, 2.05) is 35.1 Å². The van der Waals surface area contributed by atoms with Gasteiger partial charge in [0.25, 0.3) is 0 Å². The van der Waals surface area contributed by atoms with Crippen molar-refractivity contribution in [3.05, 3.63) is 61.5 Å². The number of halogens is 2. The van der Waals surface area contributed by atoms with Crippen LogP contribution in [0.3, 0.4) is 0 Å². The molecular formula is C22H22BrClN4O2S2. The van der Waals surface area contributed by atoms with Gasteiger partial charge in [0.2, 0.25) is 0 Å². The predicted octanol–water partition coefficient (Wildman–Crippen LogP) is 6.27. The number of ether oxygens (including phenoxy) is 1. The molecule has 2 aromatic heterocycles. The summed E-state index contributed by atoms with van der Waals surface area (Å²) in [6.45, 7) is 0.599. The lowest BCUT2D eigenvalue weighted by atomic mass is 10.1. The van der Waals surface area contributed by atoms with E-state index in [2.05, 4.69) is 31.7 Å². The molecular weight excluding hydrogens is 532 g/mol. The molecule has 3 aromatic rings. The summed E-state index contributed by atoms with van der Waals surface area (Å²) >= 11 is 16.6. The number of esters is 1. The molecule has 0 spiro atoms. The van der Waals surface area contributed by atoms with Crippen LogP contribution >= 0.6 is 51.1 Å². The Morgan fingerprint density at radius 1 is 1.25 bits per heavy atom. The molecule has 0 bridgehead atoms. The average molecular weight is 554 g/mol. The number of nitrogens with zero attached hydrogens (tertiary/aromatic N) is 2. The van der Waals surface area contributed by atoms with Crippen LogP contribution in [0, 0.1) is 0 Å². The molecule has 4 rings (SSSR count). The Hall–Kier alpha value is -1.94. The van der Waals surface area contributed by atoms with E-state index in [4.69, 9.17) is 28.6 Å². The van der Waals surface area contributed by atoms with Crippen LogP contribution in [0.15, 0.2) is 34.9 Å². The van der Waals surface area contributed by atoms with E-state index in [9.17, 15) is 4.79 Å². The van der Waals surface area contributed by atoms with Gasteiger partial charge in [-0.1, -0.05) is 30.2 Å². The number of methoxy groups -OCH3 is 1. The van der Waals surface area contributed by atoms with E-state index in [1.165, 1.54) is 18.4 Å². The molecule has 0 unspecified atom stereocenters. The molecule has 0 saturated carbocycles. The van der Waals surface area contributed by atoms with E-state index in [0.717, 1.165) is 46.3 Å².